The molecule has 1 fully saturated rings. The summed E-state index contributed by atoms with van der Waals surface area (Å²) in [6.45, 7) is 8.01. The van der Waals surface area contributed by atoms with Gasteiger partial charge in [-0.15, -0.1) is 0 Å². The van der Waals surface area contributed by atoms with Crippen LogP contribution in [0.25, 0.3) is 10.9 Å². The molecule has 0 unspecified atom stereocenters. The lowest BCUT2D eigenvalue weighted by Gasteiger charge is -2.40. The molecule has 1 saturated heterocycles. The Labute approximate surface area is 207 Å². The molecule has 0 spiro atoms. The number of hydrogen-bond donors (Lipinski definition) is 0. The van der Waals surface area contributed by atoms with E-state index in [-0.39, 0.29) is 11.5 Å². The third-order valence-electron chi connectivity index (χ3n) is 7.13. The van der Waals surface area contributed by atoms with Crippen LogP contribution in [0.5, 0.6) is 5.75 Å². The highest BCUT2D eigenvalue weighted by Gasteiger charge is 2.42. The Morgan fingerprint density at radius 1 is 1.00 bits per heavy atom. The Morgan fingerprint density at radius 2 is 1.74 bits per heavy atom. The Hall–Kier alpha value is -3.12. The second-order valence-electron chi connectivity index (χ2n) is 9.49. The van der Waals surface area contributed by atoms with Gasteiger partial charge in [0.25, 0.3) is 5.56 Å². The summed E-state index contributed by atoms with van der Waals surface area (Å²) >= 11 is 0. The summed E-state index contributed by atoms with van der Waals surface area (Å²) in [4.78, 5) is 28.1. The molecular weight excluding hydrogens is 440 g/mol. The van der Waals surface area contributed by atoms with Gasteiger partial charge in [-0.25, -0.2) is 0 Å². The van der Waals surface area contributed by atoms with Gasteiger partial charge in [0.2, 0.25) is 0 Å². The molecule has 0 saturated carbocycles. The molecule has 2 aromatic carbocycles. The van der Waals surface area contributed by atoms with Crippen molar-refractivity contribution in [2.75, 3.05) is 32.8 Å². The second kappa shape index (κ2) is 11.5. The monoisotopic (exact) mass is 476 g/mol. The van der Waals surface area contributed by atoms with Crippen molar-refractivity contribution in [2.45, 2.75) is 46.1 Å². The Bertz CT molecular complexity index is 1180. The summed E-state index contributed by atoms with van der Waals surface area (Å²) in [6.07, 6.45) is 3.00. The number of carbonyl (C=O) groups is 1. The van der Waals surface area contributed by atoms with Crippen molar-refractivity contribution in [3.63, 3.8) is 0 Å². The van der Waals surface area contributed by atoms with Gasteiger partial charge < -0.3 is 14.0 Å². The quantitative estimate of drug-likeness (QED) is 0.393. The Morgan fingerprint density at radius 3 is 2.49 bits per heavy atom. The normalized spacial score (nSPS) is 15.7. The molecule has 0 radical (unpaired) electrons. The zero-order valence-electron chi connectivity index (χ0n) is 20.9. The molecule has 6 heteroatoms. The number of nitrogens with zero attached hydrogens (tertiary/aromatic N) is 2. The van der Waals surface area contributed by atoms with Crippen molar-refractivity contribution in [3.05, 3.63) is 76.6 Å². The fourth-order valence-electron chi connectivity index (χ4n) is 5.06. The highest BCUT2D eigenvalue weighted by atomic mass is 16.5. The predicted molar refractivity (Wildman–Crippen MR) is 139 cm³/mol. The highest BCUT2D eigenvalue weighted by molar-refractivity contribution is 5.79. The zero-order valence-corrected chi connectivity index (χ0v) is 20.9. The minimum Gasteiger partial charge on any atom is -0.492 e. The molecule has 0 bridgehead atoms. The van der Waals surface area contributed by atoms with Crippen LogP contribution in [0, 0.1) is 12.3 Å². The van der Waals surface area contributed by atoms with Crippen molar-refractivity contribution in [2.24, 2.45) is 5.41 Å². The summed E-state index contributed by atoms with van der Waals surface area (Å²) in [6, 6.07) is 19.5. The number of aryl methyl sites for hydroxylation is 2. The Kier molecular flexibility index (Phi) is 8.24. The van der Waals surface area contributed by atoms with Crippen LogP contribution >= 0.6 is 0 Å². The topological polar surface area (TPSA) is 60.8 Å². The average molecular weight is 477 g/mol. The van der Waals surface area contributed by atoms with Crippen molar-refractivity contribution in [1.29, 1.82) is 0 Å². The van der Waals surface area contributed by atoms with Crippen molar-refractivity contribution in [1.82, 2.24) is 9.47 Å². The third-order valence-corrected chi connectivity index (χ3v) is 7.13. The highest BCUT2D eigenvalue weighted by Crippen LogP contribution is 2.38. The molecule has 0 N–H and O–H groups in total. The number of hydrogen-bond acceptors (Lipinski definition) is 5. The molecule has 0 amide bonds. The van der Waals surface area contributed by atoms with Gasteiger partial charge in [0.1, 0.15) is 12.4 Å². The van der Waals surface area contributed by atoms with Gasteiger partial charge in [-0.05, 0) is 87.8 Å². The van der Waals surface area contributed by atoms with E-state index in [1.165, 1.54) is 0 Å². The van der Waals surface area contributed by atoms with E-state index in [1.54, 1.807) is 6.07 Å². The fourth-order valence-corrected chi connectivity index (χ4v) is 5.06. The van der Waals surface area contributed by atoms with Crippen LogP contribution in [0.2, 0.25) is 0 Å². The van der Waals surface area contributed by atoms with Crippen molar-refractivity contribution >= 4 is 16.9 Å². The van der Waals surface area contributed by atoms with Gasteiger partial charge in [-0.1, -0.05) is 30.3 Å². The molecule has 3 aromatic rings. The maximum Gasteiger partial charge on any atom is 0.312 e. The van der Waals surface area contributed by atoms with Crippen LogP contribution in [0.3, 0.4) is 0 Å². The number of ether oxygens (including phenoxy) is 2. The van der Waals surface area contributed by atoms with Crippen molar-refractivity contribution in [3.8, 4) is 5.75 Å². The molecule has 1 aliphatic heterocycles. The molecule has 0 aliphatic carbocycles. The number of rotatable bonds is 10. The molecule has 6 nitrogen and oxygen atoms in total. The lowest BCUT2D eigenvalue weighted by atomic mass is 9.74. The lowest BCUT2D eigenvalue weighted by molar-refractivity contribution is -0.159. The average Bonchev–Trinajstić information content (AvgIpc) is 2.87. The van der Waals surface area contributed by atoms with E-state index < -0.39 is 5.41 Å². The molecule has 35 heavy (non-hydrogen) atoms. The third kappa shape index (κ3) is 6.12. The van der Waals surface area contributed by atoms with Crippen LogP contribution in [-0.2, 0) is 16.1 Å². The number of aromatic nitrogens is 1. The van der Waals surface area contributed by atoms with Gasteiger partial charge in [-0.2, -0.15) is 0 Å². The van der Waals surface area contributed by atoms with Crippen LogP contribution in [-0.4, -0.2) is 48.3 Å². The summed E-state index contributed by atoms with van der Waals surface area (Å²) in [7, 11) is 0. The number of pyridine rings is 1. The van der Waals surface area contributed by atoms with E-state index in [0.717, 1.165) is 67.5 Å². The molecule has 1 aromatic heterocycles. The summed E-state index contributed by atoms with van der Waals surface area (Å²) in [5.41, 5.74) is 1.59. The SMILES string of the molecule is CCOC(=O)C1(CCCn2c(=O)ccc3ccc(C)cc32)CCN(CCOc2ccccc2)CC1. The first kappa shape index (κ1) is 25.0. The number of carbonyl (C=O) groups excluding carboxylic acids is 1. The number of fused-ring (bicyclic) bond motifs is 1. The molecule has 0 atom stereocenters. The van der Waals surface area contributed by atoms with Gasteiger partial charge >= 0.3 is 5.97 Å². The second-order valence-corrected chi connectivity index (χ2v) is 9.49. The van der Waals surface area contributed by atoms with Gasteiger partial charge in [0, 0.05) is 19.2 Å². The summed E-state index contributed by atoms with van der Waals surface area (Å²) in [5.74, 6) is 0.783. The number of likely N-dealkylation sites (tertiary alicyclic amines) is 1. The number of piperidine rings is 1. The maximum absolute atomic E-state index is 13.1. The standard InChI is InChI=1S/C29H36N2O4/c1-3-34-28(33)29(15-18-30(19-16-29)20-21-35-25-8-5-4-6-9-25)14-7-17-31-26-22-23(2)10-11-24(26)12-13-27(31)32/h4-6,8-13,22H,3,7,14-21H2,1-2H3. The minimum atomic E-state index is -0.489. The molecule has 186 valence electrons. The van der Waals surface area contributed by atoms with Crippen LogP contribution in [0.4, 0.5) is 0 Å². The molecule has 2 heterocycles. The van der Waals surface area contributed by atoms with E-state index in [2.05, 4.69) is 23.1 Å². The smallest absolute Gasteiger partial charge is 0.312 e. The van der Waals surface area contributed by atoms with Crippen molar-refractivity contribution < 1.29 is 14.3 Å². The fraction of sp³-hybridized carbons (Fsp3) is 0.448. The van der Waals surface area contributed by atoms with Crippen LogP contribution in [0.15, 0.2) is 65.5 Å². The molecular formula is C29H36N2O4. The van der Waals surface area contributed by atoms with E-state index in [4.69, 9.17) is 9.47 Å². The number of benzene rings is 2. The maximum atomic E-state index is 13.1. The predicted octanol–water partition coefficient (Wildman–Crippen LogP) is 4.81. The number of esters is 1. The van der Waals surface area contributed by atoms with Crippen LogP contribution < -0.4 is 10.3 Å². The van der Waals surface area contributed by atoms with Crippen LogP contribution in [0.1, 0.15) is 38.2 Å². The van der Waals surface area contributed by atoms with Gasteiger partial charge in [0.05, 0.1) is 17.5 Å². The first-order valence-corrected chi connectivity index (χ1v) is 12.7. The van der Waals surface area contributed by atoms with E-state index in [1.807, 2.05) is 54.8 Å². The first-order chi connectivity index (χ1) is 17.0. The molecule has 1 aliphatic rings. The summed E-state index contributed by atoms with van der Waals surface area (Å²) < 4.78 is 13.2. The molecule has 4 rings (SSSR count). The lowest BCUT2D eigenvalue weighted by Crippen LogP contribution is -2.46. The van der Waals surface area contributed by atoms with E-state index >= 15 is 0 Å². The van der Waals surface area contributed by atoms with E-state index in [0.29, 0.717) is 19.8 Å². The Balaban J connectivity index is 1.37. The van der Waals surface area contributed by atoms with E-state index in [9.17, 15) is 9.59 Å². The van der Waals surface area contributed by atoms with Gasteiger partial charge in [0.15, 0.2) is 0 Å². The number of para-hydroxylation sites is 1. The largest absolute Gasteiger partial charge is 0.492 e. The first-order valence-electron chi connectivity index (χ1n) is 12.7. The van der Waals surface area contributed by atoms with Gasteiger partial charge in [-0.3, -0.25) is 14.5 Å². The minimum absolute atomic E-state index is 0.00141. The zero-order chi connectivity index (χ0) is 24.7. The summed E-state index contributed by atoms with van der Waals surface area (Å²) in [5, 5.41) is 1.06.